The van der Waals surface area contributed by atoms with Crippen molar-refractivity contribution >= 4 is 17.6 Å². The van der Waals surface area contributed by atoms with Gasteiger partial charge in [-0.3, -0.25) is 9.79 Å². The number of carbonyl (C=O) groups is 1. The Kier molecular flexibility index (Phi) is 4.02. The summed E-state index contributed by atoms with van der Waals surface area (Å²) in [5.74, 6) is 1.19. The van der Waals surface area contributed by atoms with E-state index < -0.39 is 6.04 Å². The highest BCUT2D eigenvalue weighted by atomic mass is 19.1. The average Bonchev–Trinajstić information content (AvgIpc) is 2.85. The van der Waals surface area contributed by atoms with Gasteiger partial charge in [0, 0.05) is 14.1 Å². The van der Waals surface area contributed by atoms with Crippen molar-refractivity contribution in [3.8, 4) is 5.75 Å². The Balaban J connectivity index is 1.92. The molecular weight excluding hydrogens is 299 g/mol. The molecule has 0 unspecified atom stereocenters. The van der Waals surface area contributed by atoms with Gasteiger partial charge in [0.25, 0.3) is 5.91 Å². The van der Waals surface area contributed by atoms with Crippen molar-refractivity contribution in [3.05, 3.63) is 29.6 Å². The number of amides is 1. The molecule has 0 saturated carbocycles. The molecule has 6 nitrogen and oxygen atoms in total. The van der Waals surface area contributed by atoms with Gasteiger partial charge in [-0.1, -0.05) is 0 Å². The first kappa shape index (κ1) is 15.5. The minimum atomic E-state index is -0.561. The summed E-state index contributed by atoms with van der Waals surface area (Å²) in [7, 11) is 3.66. The van der Waals surface area contributed by atoms with Gasteiger partial charge in [0.05, 0.1) is 18.7 Å². The summed E-state index contributed by atoms with van der Waals surface area (Å²) in [6.07, 6.45) is 0. The van der Waals surface area contributed by atoms with Crippen LogP contribution in [0, 0.1) is 5.82 Å². The van der Waals surface area contributed by atoms with Gasteiger partial charge in [-0.25, -0.2) is 4.39 Å². The van der Waals surface area contributed by atoms with E-state index in [9.17, 15) is 9.18 Å². The standard InChI is InChI=1S/C16H19FN4O2/c1-10(20(2)3)18-16(22)13-9-21-6-7-23-14-5-4-11(17)8-12(14)15(21)19-13/h4-5,8,13H,6-7,9H2,1-3H3/b18-10+/t13-/m0/s1. The predicted octanol–water partition coefficient (Wildman–Crippen LogP) is 1.16. The smallest absolute Gasteiger partial charge is 0.274 e. The molecule has 23 heavy (non-hydrogen) atoms. The number of rotatable bonds is 1. The van der Waals surface area contributed by atoms with Crippen LogP contribution < -0.4 is 4.74 Å². The maximum absolute atomic E-state index is 13.6. The van der Waals surface area contributed by atoms with Gasteiger partial charge in [-0.2, -0.15) is 4.99 Å². The fourth-order valence-corrected chi connectivity index (χ4v) is 2.54. The summed E-state index contributed by atoms with van der Waals surface area (Å²) in [6.45, 7) is 3.29. The minimum absolute atomic E-state index is 0.282. The molecule has 0 aliphatic carbocycles. The van der Waals surface area contributed by atoms with Crippen LogP contribution in [0.1, 0.15) is 12.5 Å². The molecule has 0 N–H and O–H groups in total. The Morgan fingerprint density at radius 2 is 2.26 bits per heavy atom. The van der Waals surface area contributed by atoms with Gasteiger partial charge < -0.3 is 14.5 Å². The number of benzene rings is 1. The van der Waals surface area contributed by atoms with E-state index in [1.165, 1.54) is 12.1 Å². The van der Waals surface area contributed by atoms with Crippen molar-refractivity contribution in [1.29, 1.82) is 0 Å². The highest BCUT2D eigenvalue weighted by Crippen LogP contribution is 2.28. The normalized spacial score (nSPS) is 20.2. The summed E-state index contributed by atoms with van der Waals surface area (Å²) in [4.78, 5) is 24.6. The molecule has 0 radical (unpaired) electrons. The van der Waals surface area contributed by atoms with Crippen molar-refractivity contribution < 1.29 is 13.9 Å². The van der Waals surface area contributed by atoms with E-state index in [1.807, 2.05) is 19.0 Å². The number of carbonyl (C=O) groups excluding carboxylic acids is 1. The third-order valence-corrected chi connectivity index (χ3v) is 3.98. The lowest BCUT2D eigenvalue weighted by molar-refractivity contribution is -0.118. The first-order valence-electron chi connectivity index (χ1n) is 7.47. The molecule has 2 aliphatic heterocycles. The van der Waals surface area contributed by atoms with E-state index in [-0.39, 0.29) is 11.7 Å². The maximum Gasteiger partial charge on any atom is 0.274 e. The first-order valence-corrected chi connectivity index (χ1v) is 7.47. The van der Waals surface area contributed by atoms with Gasteiger partial charge in [0.15, 0.2) is 6.04 Å². The highest BCUT2D eigenvalue weighted by Gasteiger charge is 2.33. The Bertz CT molecular complexity index is 699. The molecular formula is C16H19FN4O2. The van der Waals surface area contributed by atoms with E-state index in [2.05, 4.69) is 9.98 Å². The van der Waals surface area contributed by atoms with Crippen LogP contribution in [0.2, 0.25) is 0 Å². The van der Waals surface area contributed by atoms with Crippen LogP contribution in [0.3, 0.4) is 0 Å². The number of amidine groups is 2. The van der Waals surface area contributed by atoms with Crippen LogP contribution in [-0.4, -0.2) is 67.2 Å². The number of hydrogen-bond donors (Lipinski definition) is 0. The molecule has 122 valence electrons. The molecule has 1 aromatic carbocycles. The Hall–Kier alpha value is -2.44. The molecule has 1 aromatic rings. The fraction of sp³-hybridized carbons (Fsp3) is 0.438. The first-order chi connectivity index (χ1) is 11.0. The van der Waals surface area contributed by atoms with Gasteiger partial charge in [-0.15, -0.1) is 0 Å². The topological polar surface area (TPSA) is 57.5 Å². The van der Waals surface area contributed by atoms with Crippen LogP contribution in [0.25, 0.3) is 0 Å². The van der Waals surface area contributed by atoms with E-state index in [4.69, 9.17) is 4.74 Å². The number of fused-ring (bicyclic) bond motifs is 3. The van der Waals surface area contributed by atoms with Crippen molar-refractivity contribution in [2.75, 3.05) is 33.8 Å². The number of ether oxygens (including phenoxy) is 1. The van der Waals surface area contributed by atoms with Gasteiger partial charge in [0.1, 0.15) is 29.8 Å². The van der Waals surface area contributed by atoms with Crippen molar-refractivity contribution in [2.45, 2.75) is 13.0 Å². The zero-order valence-electron chi connectivity index (χ0n) is 13.4. The molecule has 0 spiro atoms. The largest absolute Gasteiger partial charge is 0.491 e. The molecule has 2 heterocycles. The molecule has 7 heteroatoms. The molecule has 0 bridgehead atoms. The number of nitrogens with zero attached hydrogens (tertiary/aromatic N) is 4. The summed E-state index contributed by atoms with van der Waals surface area (Å²) in [6, 6.07) is 3.79. The predicted molar refractivity (Wildman–Crippen MR) is 85.6 cm³/mol. The zero-order valence-corrected chi connectivity index (χ0v) is 13.4. The zero-order chi connectivity index (χ0) is 16.6. The Morgan fingerprint density at radius 3 is 3.00 bits per heavy atom. The minimum Gasteiger partial charge on any atom is -0.491 e. The molecule has 0 saturated heterocycles. The van der Waals surface area contributed by atoms with Crippen LogP contribution >= 0.6 is 0 Å². The van der Waals surface area contributed by atoms with E-state index >= 15 is 0 Å². The van der Waals surface area contributed by atoms with Gasteiger partial charge >= 0.3 is 0 Å². The third kappa shape index (κ3) is 3.04. The summed E-state index contributed by atoms with van der Waals surface area (Å²) in [5.41, 5.74) is 0.589. The average molecular weight is 318 g/mol. The number of halogens is 1. The molecule has 1 amide bonds. The Labute approximate surface area is 134 Å². The quantitative estimate of drug-likeness (QED) is 0.576. The third-order valence-electron chi connectivity index (χ3n) is 3.98. The molecule has 0 fully saturated rings. The van der Waals surface area contributed by atoms with E-state index in [0.29, 0.717) is 42.7 Å². The van der Waals surface area contributed by atoms with Crippen LogP contribution in [0.15, 0.2) is 28.2 Å². The second-order valence-electron chi connectivity index (χ2n) is 5.80. The van der Waals surface area contributed by atoms with Crippen molar-refractivity contribution in [2.24, 2.45) is 9.98 Å². The van der Waals surface area contributed by atoms with Crippen molar-refractivity contribution in [3.63, 3.8) is 0 Å². The van der Waals surface area contributed by atoms with E-state index in [0.717, 1.165) is 0 Å². The summed E-state index contributed by atoms with van der Waals surface area (Å²) in [5, 5.41) is 0. The lowest BCUT2D eigenvalue weighted by Gasteiger charge is -2.17. The lowest BCUT2D eigenvalue weighted by atomic mass is 10.1. The van der Waals surface area contributed by atoms with E-state index in [1.54, 1.807) is 17.9 Å². The molecule has 3 rings (SSSR count). The fourth-order valence-electron chi connectivity index (χ4n) is 2.54. The summed E-state index contributed by atoms with van der Waals surface area (Å²) >= 11 is 0. The monoisotopic (exact) mass is 318 g/mol. The van der Waals surface area contributed by atoms with Crippen LogP contribution in [0.4, 0.5) is 4.39 Å². The Morgan fingerprint density at radius 1 is 1.48 bits per heavy atom. The lowest BCUT2D eigenvalue weighted by Crippen LogP contribution is -2.33. The maximum atomic E-state index is 13.6. The second kappa shape index (κ2) is 5.98. The highest BCUT2D eigenvalue weighted by molar-refractivity contribution is 6.06. The molecule has 2 aliphatic rings. The number of hydrogen-bond acceptors (Lipinski definition) is 4. The summed E-state index contributed by atoms with van der Waals surface area (Å²) < 4.78 is 19.2. The van der Waals surface area contributed by atoms with Gasteiger partial charge in [0.2, 0.25) is 0 Å². The molecule has 0 aromatic heterocycles. The van der Waals surface area contributed by atoms with Crippen LogP contribution in [0.5, 0.6) is 5.75 Å². The second-order valence-corrected chi connectivity index (χ2v) is 5.80. The number of aliphatic imine (C=N–C) groups is 2. The van der Waals surface area contributed by atoms with Gasteiger partial charge in [-0.05, 0) is 25.1 Å². The SMILES string of the molecule is C/C(=N\C(=O)[C@@H]1CN2CCOc3ccc(F)cc3C2=N1)N(C)C. The van der Waals surface area contributed by atoms with Crippen molar-refractivity contribution in [1.82, 2.24) is 9.80 Å². The van der Waals surface area contributed by atoms with Crippen LogP contribution in [-0.2, 0) is 4.79 Å². The molecule has 1 atom stereocenters.